The summed E-state index contributed by atoms with van der Waals surface area (Å²) in [7, 11) is 0. The SMILES string of the molecule is CC1CCC(Sc2cccc(C(F)(F)F)c2)CC1. The van der Waals surface area contributed by atoms with Crippen molar-refractivity contribution in [1.29, 1.82) is 0 Å². The number of rotatable bonds is 2. The van der Waals surface area contributed by atoms with E-state index in [0.29, 0.717) is 5.25 Å². The summed E-state index contributed by atoms with van der Waals surface area (Å²) in [4.78, 5) is 0.740. The fourth-order valence-electron chi connectivity index (χ4n) is 2.29. The summed E-state index contributed by atoms with van der Waals surface area (Å²) in [6.45, 7) is 2.24. The van der Waals surface area contributed by atoms with Gasteiger partial charge in [-0.25, -0.2) is 0 Å². The molecule has 0 aromatic heterocycles. The normalized spacial score (nSPS) is 25.1. The largest absolute Gasteiger partial charge is 0.416 e. The fourth-order valence-corrected chi connectivity index (χ4v) is 3.53. The van der Waals surface area contributed by atoms with Crippen LogP contribution in [0.5, 0.6) is 0 Å². The highest BCUT2D eigenvalue weighted by Crippen LogP contribution is 2.38. The highest BCUT2D eigenvalue weighted by molar-refractivity contribution is 8.00. The van der Waals surface area contributed by atoms with E-state index in [9.17, 15) is 13.2 Å². The first-order valence-electron chi connectivity index (χ1n) is 6.29. The van der Waals surface area contributed by atoms with Crippen molar-refractivity contribution >= 4 is 11.8 Å². The van der Waals surface area contributed by atoms with Crippen LogP contribution < -0.4 is 0 Å². The Morgan fingerprint density at radius 2 is 1.78 bits per heavy atom. The number of benzene rings is 1. The van der Waals surface area contributed by atoms with Gasteiger partial charge in [0.05, 0.1) is 5.56 Å². The van der Waals surface area contributed by atoms with Crippen molar-refractivity contribution in [2.24, 2.45) is 5.92 Å². The molecule has 0 unspecified atom stereocenters. The lowest BCUT2D eigenvalue weighted by atomic mass is 9.91. The van der Waals surface area contributed by atoms with Gasteiger partial charge >= 0.3 is 6.18 Å². The number of halogens is 3. The molecule has 100 valence electrons. The Morgan fingerprint density at radius 3 is 2.39 bits per heavy atom. The van der Waals surface area contributed by atoms with E-state index in [0.717, 1.165) is 29.7 Å². The Labute approximate surface area is 110 Å². The zero-order valence-corrected chi connectivity index (χ0v) is 11.2. The van der Waals surface area contributed by atoms with E-state index in [2.05, 4.69) is 6.92 Å². The average Bonchev–Trinajstić information content (AvgIpc) is 2.31. The molecule has 4 heteroatoms. The second-order valence-electron chi connectivity index (χ2n) is 5.03. The molecule has 0 atom stereocenters. The Kier molecular flexibility index (Phi) is 4.25. The molecule has 1 aromatic rings. The first kappa shape index (κ1) is 13.8. The zero-order valence-electron chi connectivity index (χ0n) is 10.3. The maximum atomic E-state index is 12.6. The predicted octanol–water partition coefficient (Wildman–Crippen LogP) is 5.38. The number of hydrogen-bond donors (Lipinski definition) is 0. The van der Waals surface area contributed by atoms with Crippen LogP contribution in [0.4, 0.5) is 13.2 Å². The van der Waals surface area contributed by atoms with E-state index in [1.807, 2.05) is 0 Å². The molecule has 18 heavy (non-hydrogen) atoms. The van der Waals surface area contributed by atoms with E-state index < -0.39 is 11.7 Å². The van der Waals surface area contributed by atoms with Crippen LogP contribution in [0.25, 0.3) is 0 Å². The van der Waals surface area contributed by atoms with E-state index in [4.69, 9.17) is 0 Å². The molecular formula is C14H17F3S. The van der Waals surface area contributed by atoms with Gasteiger partial charge in [-0.05, 0) is 49.8 Å². The zero-order chi connectivity index (χ0) is 13.2. The van der Waals surface area contributed by atoms with Crippen LogP contribution in [-0.4, -0.2) is 5.25 Å². The van der Waals surface area contributed by atoms with Gasteiger partial charge in [0.15, 0.2) is 0 Å². The lowest BCUT2D eigenvalue weighted by Gasteiger charge is -2.25. The first-order chi connectivity index (χ1) is 8.45. The Bertz CT molecular complexity index is 392. The van der Waals surface area contributed by atoms with Crippen LogP contribution in [0.2, 0.25) is 0 Å². The molecule has 0 N–H and O–H groups in total. The maximum Gasteiger partial charge on any atom is 0.416 e. The van der Waals surface area contributed by atoms with Crippen molar-refractivity contribution in [2.75, 3.05) is 0 Å². The third-order valence-corrected chi connectivity index (χ3v) is 4.76. The van der Waals surface area contributed by atoms with Gasteiger partial charge in [0.25, 0.3) is 0 Å². The summed E-state index contributed by atoms with van der Waals surface area (Å²) < 4.78 is 37.8. The minimum Gasteiger partial charge on any atom is -0.166 e. The van der Waals surface area contributed by atoms with E-state index in [1.54, 1.807) is 17.8 Å². The standard InChI is InChI=1S/C14H17F3S/c1-10-5-7-12(8-6-10)18-13-4-2-3-11(9-13)14(15,16)17/h2-4,9-10,12H,5-8H2,1H3. The van der Waals surface area contributed by atoms with Gasteiger partial charge in [0, 0.05) is 10.1 Å². The van der Waals surface area contributed by atoms with Gasteiger partial charge in [-0.1, -0.05) is 13.0 Å². The topological polar surface area (TPSA) is 0 Å². The number of alkyl halides is 3. The lowest BCUT2D eigenvalue weighted by Crippen LogP contribution is -2.14. The molecule has 0 saturated heterocycles. The van der Waals surface area contributed by atoms with E-state index >= 15 is 0 Å². The van der Waals surface area contributed by atoms with Gasteiger partial charge in [-0.3, -0.25) is 0 Å². The molecule has 1 aliphatic rings. The number of thioether (sulfide) groups is 1. The Morgan fingerprint density at radius 1 is 1.11 bits per heavy atom. The van der Waals surface area contributed by atoms with Crippen LogP contribution >= 0.6 is 11.8 Å². The third kappa shape index (κ3) is 3.67. The average molecular weight is 274 g/mol. The Balaban J connectivity index is 2.01. The first-order valence-corrected chi connectivity index (χ1v) is 7.17. The molecule has 2 rings (SSSR count). The van der Waals surface area contributed by atoms with E-state index in [1.165, 1.54) is 25.0 Å². The van der Waals surface area contributed by atoms with Crippen LogP contribution in [0.15, 0.2) is 29.2 Å². The molecular weight excluding hydrogens is 257 g/mol. The quantitative estimate of drug-likeness (QED) is 0.698. The van der Waals surface area contributed by atoms with Gasteiger partial charge < -0.3 is 0 Å². The monoisotopic (exact) mass is 274 g/mol. The predicted molar refractivity (Wildman–Crippen MR) is 68.7 cm³/mol. The fraction of sp³-hybridized carbons (Fsp3) is 0.571. The molecule has 0 nitrogen and oxygen atoms in total. The van der Waals surface area contributed by atoms with Crippen molar-refractivity contribution in [1.82, 2.24) is 0 Å². The smallest absolute Gasteiger partial charge is 0.166 e. The van der Waals surface area contributed by atoms with Crippen molar-refractivity contribution in [3.05, 3.63) is 29.8 Å². The molecule has 0 bridgehead atoms. The molecule has 1 aliphatic carbocycles. The van der Waals surface area contributed by atoms with E-state index in [-0.39, 0.29) is 0 Å². The van der Waals surface area contributed by atoms with Crippen LogP contribution in [-0.2, 0) is 6.18 Å². The highest BCUT2D eigenvalue weighted by Gasteiger charge is 2.30. The Hall–Kier alpha value is -0.640. The summed E-state index contributed by atoms with van der Waals surface area (Å²) in [6, 6.07) is 5.67. The minimum atomic E-state index is -4.24. The summed E-state index contributed by atoms with van der Waals surface area (Å²) >= 11 is 1.60. The van der Waals surface area contributed by atoms with Crippen molar-refractivity contribution < 1.29 is 13.2 Å². The van der Waals surface area contributed by atoms with Gasteiger partial charge in [0.2, 0.25) is 0 Å². The van der Waals surface area contributed by atoms with Crippen molar-refractivity contribution in [3.8, 4) is 0 Å². The minimum absolute atomic E-state index is 0.477. The number of hydrogen-bond acceptors (Lipinski definition) is 1. The summed E-state index contributed by atoms with van der Waals surface area (Å²) in [5.74, 6) is 0.767. The van der Waals surface area contributed by atoms with Crippen LogP contribution in [0.3, 0.4) is 0 Å². The van der Waals surface area contributed by atoms with Gasteiger partial charge in [0.1, 0.15) is 0 Å². The van der Waals surface area contributed by atoms with Gasteiger partial charge in [-0.15, -0.1) is 11.8 Å². The summed E-state index contributed by atoms with van der Waals surface area (Å²) in [5.41, 5.74) is -0.545. The second kappa shape index (κ2) is 5.55. The van der Waals surface area contributed by atoms with Crippen LogP contribution in [0.1, 0.15) is 38.2 Å². The highest BCUT2D eigenvalue weighted by atomic mass is 32.2. The molecule has 0 heterocycles. The van der Waals surface area contributed by atoms with Crippen molar-refractivity contribution in [2.45, 2.75) is 48.9 Å². The van der Waals surface area contributed by atoms with Crippen molar-refractivity contribution in [3.63, 3.8) is 0 Å². The molecule has 0 spiro atoms. The third-order valence-electron chi connectivity index (χ3n) is 3.43. The summed E-state index contributed by atoms with van der Waals surface area (Å²) in [5, 5.41) is 0.477. The molecule has 1 fully saturated rings. The second-order valence-corrected chi connectivity index (χ2v) is 6.40. The molecule has 0 aliphatic heterocycles. The lowest BCUT2D eigenvalue weighted by molar-refractivity contribution is -0.137. The molecule has 1 saturated carbocycles. The molecule has 0 amide bonds. The summed E-state index contributed by atoms with van der Waals surface area (Å²) in [6.07, 6.45) is 0.370. The maximum absolute atomic E-state index is 12.6. The van der Waals surface area contributed by atoms with Gasteiger partial charge in [-0.2, -0.15) is 13.2 Å². The van der Waals surface area contributed by atoms with Crippen LogP contribution in [0, 0.1) is 5.92 Å². The molecule has 1 aromatic carbocycles. The molecule has 0 radical (unpaired) electrons.